The van der Waals surface area contributed by atoms with Crippen molar-refractivity contribution in [2.45, 2.75) is 0 Å². The zero-order valence-electron chi connectivity index (χ0n) is 15.3. The summed E-state index contributed by atoms with van der Waals surface area (Å²) in [6.07, 6.45) is 2.59. The third-order valence-corrected chi connectivity index (χ3v) is 3.85. The fourth-order valence-corrected chi connectivity index (χ4v) is 2.29. The molecule has 8 nitrogen and oxygen atoms in total. The van der Waals surface area contributed by atoms with E-state index in [2.05, 4.69) is 15.6 Å². The van der Waals surface area contributed by atoms with E-state index in [0.29, 0.717) is 11.1 Å². The molecular weight excluding hydrogens is 400 g/mol. The molecule has 150 valence electrons. The molecule has 0 saturated carbocycles. The molecule has 2 amide bonds. The average molecular weight is 417 g/mol. The van der Waals surface area contributed by atoms with E-state index >= 15 is 0 Å². The van der Waals surface area contributed by atoms with Gasteiger partial charge in [0.1, 0.15) is 0 Å². The lowest BCUT2D eigenvalue weighted by Crippen LogP contribution is -2.43. The van der Waals surface area contributed by atoms with Crippen LogP contribution >= 0.6 is 11.6 Å². The molecule has 0 bridgehead atoms. The number of benzene rings is 2. The first kappa shape index (κ1) is 21.6. The average Bonchev–Trinajstić information content (AvgIpc) is 2.74. The van der Waals surface area contributed by atoms with Gasteiger partial charge in [-0.25, -0.2) is 9.59 Å². The number of methoxy groups -OCH3 is 1. The number of carbonyl (C=O) groups excluding carboxylic acids is 4. The molecule has 2 aromatic rings. The molecule has 2 aromatic carbocycles. The van der Waals surface area contributed by atoms with Gasteiger partial charge in [0.05, 0.1) is 23.3 Å². The zero-order chi connectivity index (χ0) is 21.2. The Morgan fingerprint density at radius 1 is 1.00 bits per heavy atom. The van der Waals surface area contributed by atoms with Crippen molar-refractivity contribution in [1.29, 1.82) is 0 Å². The highest BCUT2D eigenvalue weighted by molar-refractivity contribution is 6.33. The number of carbonyl (C=O) groups is 4. The Hall–Kier alpha value is -3.65. The van der Waals surface area contributed by atoms with Gasteiger partial charge in [-0.3, -0.25) is 20.4 Å². The van der Waals surface area contributed by atoms with Gasteiger partial charge in [-0.15, -0.1) is 0 Å². The molecule has 29 heavy (non-hydrogen) atoms. The first-order valence-electron chi connectivity index (χ1n) is 8.27. The molecule has 0 atom stereocenters. The van der Waals surface area contributed by atoms with Gasteiger partial charge in [0.2, 0.25) is 0 Å². The maximum absolute atomic E-state index is 11.9. The minimum Gasteiger partial charge on any atom is -0.465 e. The molecule has 2 rings (SSSR count). The molecule has 0 radical (unpaired) electrons. The first-order chi connectivity index (χ1) is 13.9. The van der Waals surface area contributed by atoms with E-state index in [1.165, 1.54) is 25.3 Å². The number of amides is 2. The number of hydrazine groups is 1. The highest BCUT2D eigenvalue weighted by Gasteiger charge is 2.11. The van der Waals surface area contributed by atoms with Crippen molar-refractivity contribution in [2.75, 3.05) is 13.7 Å². The van der Waals surface area contributed by atoms with Gasteiger partial charge in [0.15, 0.2) is 6.61 Å². The Morgan fingerprint density at radius 2 is 1.69 bits per heavy atom. The summed E-state index contributed by atoms with van der Waals surface area (Å²) in [6, 6.07) is 12.7. The van der Waals surface area contributed by atoms with Gasteiger partial charge in [0, 0.05) is 6.08 Å². The van der Waals surface area contributed by atoms with Crippen LogP contribution in [0.3, 0.4) is 0 Å². The molecule has 0 aromatic heterocycles. The summed E-state index contributed by atoms with van der Waals surface area (Å²) in [5.74, 6) is -2.55. The molecule has 0 unspecified atom stereocenters. The van der Waals surface area contributed by atoms with Crippen LogP contribution in [-0.2, 0) is 19.1 Å². The maximum Gasteiger partial charge on any atom is 0.337 e. The van der Waals surface area contributed by atoms with Crippen molar-refractivity contribution in [2.24, 2.45) is 0 Å². The number of rotatable bonds is 6. The predicted molar refractivity (Wildman–Crippen MR) is 105 cm³/mol. The fraction of sp³-hybridized carbons (Fsp3) is 0.100. The van der Waals surface area contributed by atoms with Crippen LogP contribution in [0.15, 0.2) is 54.6 Å². The molecule has 0 aliphatic rings. The molecule has 0 fully saturated rings. The van der Waals surface area contributed by atoms with Gasteiger partial charge < -0.3 is 9.47 Å². The van der Waals surface area contributed by atoms with Gasteiger partial charge in [0.25, 0.3) is 11.8 Å². The summed E-state index contributed by atoms with van der Waals surface area (Å²) in [4.78, 5) is 46.6. The van der Waals surface area contributed by atoms with Gasteiger partial charge in [-0.2, -0.15) is 0 Å². The number of hydrogen-bond acceptors (Lipinski definition) is 6. The van der Waals surface area contributed by atoms with Crippen molar-refractivity contribution in [3.05, 3.63) is 76.3 Å². The van der Waals surface area contributed by atoms with Crippen molar-refractivity contribution in [3.63, 3.8) is 0 Å². The number of hydrogen-bond donors (Lipinski definition) is 2. The second-order valence-corrected chi connectivity index (χ2v) is 5.94. The van der Waals surface area contributed by atoms with Crippen LogP contribution in [0.2, 0.25) is 5.02 Å². The number of esters is 2. The molecular formula is C20H17ClN2O6. The summed E-state index contributed by atoms with van der Waals surface area (Å²) in [5.41, 5.74) is 5.50. The van der Waals surface area contributed by atoms with E-state index in [-0.39, 0.29) is 10.6 Å². The standard InChI is InChI=1S/C20H17ClN2O6/c1-28-20(27)14-9-6-13(7-10-14)8-11-18(25)29-12-17(24)22-23-19(26)15-4-2-3-5-16(15)21/h2-11H,12H2,1H3,(H,22,24)(H,23,26)/b11-8+. The molecule has 0 heterocycles. The van der Waals surface area contributed by atoms with E-state index in [1.807, 2.05) is 0 Å². The van der Waals surface area contributed by atoms with Crippen LogP contribution in [0.5, 0.6) is 0 Å². The van der Waals surface area contributed by atoms with Crippen molar-refractivity contribution in [1.82, 2.24) is 10.9 Å². The molecule has 9 heteroatoms. The van der Waals surface area contributed by atoms with Gasteiger partial charge in [-0.1, -0.05) is 35.9 Å². The fourth-order valence-electron chi connectivity index (χ4n) is 2.07. The largest absolute Gasteiger partial charge is 0.465 e. The number of ether oxygens (including phenoxy) is 2. The van der Waals surface area contributed by atoms with E-state index in [1.54, 1.807) is 36.4 Å². The van der Waals surface area contributed by atoms with Gasteiger partial charge in [-0.05, 0) is 35.9 Å². The Balaban J connectivity index is 1.76. The number of nitrogens with one attached hydrogen (secondary N) is 2. The highest BCUT2D eigenvalue weighted by atomic mass is 35.5. The minimum atomic E-state index is -0.755. The maximum atomic E-state index is 11.9. The lowest BCUT2D eigenvalue weighted by atomic mass is 10.1. The van der Waals surface area contributed by atoms with E-state index in [0.717, 1.165) is 6.08 Å². The second-order valence-electron chi connectivity index (χ2n) is 5.54. The molecule has 0 aliphatic heterocycles. The topological polar surface area (TPSA) is 111 Å². The summed E-state index contributed by atoms with van der Waals surface area (Å²) < 4.78 is 9.37. The molecule has 0 saturated heterocycles. The second kappa shape index (κ2) is 10.6. The Morgan fingerprint density at radius 3 is 2.34 bits per heavy atom. The molecule has 0 aliphatic carbocycles. The van der Waals surface area contributed by atoms with Crippen LogP contribution < -0.4 is 10.9 Å². The zero-order valence-corrected chi connectivity index (χ0v) is 16.1. The third kappa shape index (κ3) is 6.78. The van der Waals surface area contributed by atoms with Crippen molar-refractivity contribution in [3.8, 4) is 0 Å². The Bertz CT molecular complexity index is 940. The van der Waals surface area contributed by atoms with E-state index in [4.69, 9.17) is 16.3 Å². The van der Waals surface area contributed by atoms with Crippen LogP contribution in [0.4, 0.5) is 0 Å². The minimum absolute atomic E-state index is 0.188. The lowest BCUT2D eigenvalue weighted by Gasteiger charge is -2.08. The summed E-state index contributed by atoms with van der Waals surface area (Å²) in [5, 5.41) is 0.232. The lowest BCUT2D eigenvalue weighted by molar-refractivity contribution is -0.144. The van der Waals surface area contributed by atoms with Crippen LogP contribution in [0.1, 0.15) is 26.3 Å². The monoisotopic (exact) mass is 416 g/mol. The summed E-state index contributed by atoms with van der Waals surface area (Å²) in [7, 11) is 1.28. The SMILES string of the molecule is COC(=O)c1ccc(/C=C/C(=O)OCC(=O)NNC(=O)c2ccccc2Cl)cc1. The number of halogens is 1. The van der Waals surface area contributed by atoms with Crippen LogP contribution in [0, 0.1) is 0 Å². The van der Waals surface area contributed by atoms with Crippen molar-refractivity contribution >= 4 is 41.4 Å². The predicted octanol–water partition coefficient (Wildman–Crippen LogP) is 2.14. The summed E-state index contributed by atoms with van der Waals surface area (Å²) >= 11 is 5.88. The van der Waals surface area contributed by atoms with Crippen molar-refractivity contribution < 1.29 is 28.7 Å². The summed E-state index contributed by atoms with van der Waals surface area (Å²) in [6.45, 7) is -0.590. The first-order valence-corrected chi connectivity index (χ1v) is 8.65. The van der Waals surface area contributed by atoms with Gasteiger partial charge >= 0.3 is 11.9 Å². The Labute approximate surface area is 171 Å². The van der Waals surface area contributed by atoms with Crippen LogP contribution in [-0.4, -0.2) is 37.5 Å². The van der Waals surface area contributed by atoms with Crippen LogP contribution in [0.25, 0.3) is 6.08 Å². The Kier molecular flexibility index (Phi) is 7.93. The quantitative estimate of drug-likeness (QED) is 0.424. The smallest absolute Gasteiger partial charge is 0.337 e. The van der Waals surface area contributed by atoms with E-state index in [9.17, 15) is 19.2 Å². The highest BCUT2D eigenvalue weighted by Crippen LogP contribution is 2.14. The van der Waals surface area contributed by atoms with E-state index < -0.39 is 30.4 Å². The molecule has 2 N–H and O–H groups in total. The normalized spacial score (nSPS) is 10.3. The third-order valence-electron chi connectivity index (χ3n) is 3.52. The molecule has 0 spiro atoms.